The molecule has 2 N–H and O–H groups in total. The van der Waals surface area contributed by atoms with Crippen molar-refractivity contribution in [2.24, 2.45) is 14.1 Å². The molecule has 8 nitrogen and oxygen atoms in total. The van der Waals surface area contributed by atoms with Crippen molar-refractivity contribution in [1.29, 1.82) is 0 Å². The Morgan fingerprint density at radius 2 is 1.80 bits per heavy atom. The number of nitrogens with one attached hydrogen (secondary N) is 2. The van der Waals surface area contributed by atoms with Gasteiger partial charge in [-0.25, -0.2) is 14.0 Å². The summed E-state index contributed by atoms with van der Waals surface area (Å²) in [5.74, 6) is -0.347. The van der Waals surface area contributed by atoms with Gasteiger partial charge in [-0.2, -0.15) is 0 Å². The molecule has 0 unspecified atom stereocenters. The van der Waals surface area contributed by atoms with E-state index >= 15 is 0 Å². The van der Waals surface area contributed by atoms with Crippen LogP contribution in [0.1, 0.15) is 5.56 Å². The molecule has 1 aromatic heterocycles. The molecule has 158 valence electrons. The van der Waals surface area contributed by atoms with Crippen molar-refractivity contribution in [3.05, 3.63) is 58.3 Å². The van der Waals surface area contributed by atoms with E-state index in [9.17, 15) is 14.0 Å². The van der Waals surface area contributed by atoms with Crippen LogP contribution < -0.4 is 21.2 Å². The monoisotopic (exact) mass is 413 g/mol. The zero-order chi connectivity index (χ0) is 21.3. The SMILES string of the molecule is Cn1c(=O)n(C)c2cc(N3CCOCC3)c(NC(=O)NCc3cccc(F)c3)cc21. The first-order chi connectivity index (χ1) is 14.4. The Labute approximate surface area is 172 Å². The van der Waals surface area contributed by atoms with E-state index in [2.05, 4.69) is 15.5 Å². The minimum absolute atomic E-state index is 0.134. The van der Waals surface area contributed by atoms with E-state index in [1.807, 2.05) is 12.1 Å². The first kappa shape index (κ1) is 20.0. The van der Waals surface area contributed by atoms with E-state index in [0.29, 0.717) is 37.6 Å². The maximum absolute atomic E-state index is 13.3. The van der Waals surface area contributed by atoms with Crippen LogP contribution in [0.5, 0.6) is 0 Å². The Kier molecular flexibility index (Phi) is 5.45. The van der Waals surface area contributed by atoms with Gasteiger partial charge in [-0.3, -0.25) is 9.13 Å². The van der Waals surface area contributed by atoms with Crippen molar-refractivity contribution in [2.75, 3.05) is 36.5 Å². The van der Waals surface area contributed by atoms with Gasteiger partial charge >= 0.3 is 11.7 Å². The Morgan fingerprint density at radius 1 is 1.10 bits per heavy atom. The lowest BCUT2D eigenvalue weighted by molar-refractivity contribution is 0.123. The fraction of sp³-hybridized carbons (Fsp3) is 0.333. The van der Waals surface area contributed by atoms with Gasteiger partial charge in [0.25, 0.3) is 0 Å². The van der Waals surface area contributed by atoms with Crippen LogP contribution in [0.25, 0.3) is 11.0 Å². The van der Waals surface area contributed by atoms with Crippen molar-refractivity contribution in [2.45, 2.75) is 6.54 Å². The standard InChI is InChI=1S/C21H24FN5O3/c1-25-18-11-16(24-20(28)23-13-14-4-3-5-15(22)10-14)17(27-6-8-30-9-7-27)12-19(18)26(2)21(25)29/h3-5,10-12H,6-9,13H2,1-2H3,(H2,23,24,28). The molecule has 1 aliphatic rings. The van der Waals surface area contributed by atoms with Gasteiger partial charge in [0.15, 0.2) is 0 Å². The molecule has 0 atom stereocenters. The summed E-state index contributed by atoms with van der Waals surface area (Å²) < 4.78 is 21.9. The number of carbonyl (C=O) groups excluding carboxylic acids is 1. The summed E-state index contributed by atoms with van der Waals surface area (Å²) in [5.41, 5.74) is 3.47. The van der Waals surface area contributed by atoms with E-state index in [4.69, 9.17) is 4.74 Å². The quantitative estimate of drug-likeness (QED) is 0.687. The number of nitrogens with zero attached hydrogens (tertiary/aromatic N) is 3. The molecule has 30 heavy (non-hydrogen) atoms. The maximum Gasteiger partial charge on any atom is 0.328 e. The first-order valence-electron chi connectivity index (χ1n) is 9.75. The molecule has 2 heterocycles. The lowest BCUT2D eigenvalue weighted by Gasteiger charge is -2.30. The van der Waals surface area contributed by atoms with Crippen molar-refractivity contribution < 1.29 is 13.9 Å². The van der Waals surface area contributed by atoms with E-state index in [0.717, 1.165) is 16.7 Å². The number of hydrogen-bond donors (Lipinski definition) is 2. The molecule has 3 aromatic rings. The van der Waals surface area contributed by atoms with Gasteiger partial charge in [-0.1, -0.05) is 12.1 Å². The second kappa shape index (κ2) is 8.19. The molecule has 0 spiro atoms. The molecular weight excluding hydrogens is 389 g/mol. The molecular formula is C21H24FN5O3. The smallest absolute Gasteiger partial charge is 0.328 e. The van der Waals surface area contributed by atoms with Gasteiger partial charge in [-0.15, -0.1) is 0 Å². The number of benzene rings is 2. The van der Waals surface area contributed by atoms with Crippen molar-refractivity contribution in [3.63, 3.8) is 0 Å². The summed E-state index contributed by atoms with van der Waals surface area (Å²) in [6.07, 6.45) is 0. The number of anilines is 2. The summed E-state index contributed by atoms with van der Waals surface area (Å²) in [7, 11) is 3.43. The highest BCUT2D eigenvalue weighted by molar-refractivity contribution is 5.98. The van der Waals surface area contributed by atoms with E-state index in [-0.39, 0.29) is 18.1 Å². The lowest BCUT2D eigenvalue weighted by atomic mass is 10.2. The second-order valence-electron chi connectivity index (χ2n) is 7.30. The number of urea groups is 1. The number of morpholine rings is 1. The Morgan fingerprint density at radius 3 is 2.50 bits per heavy atom. The third-order valence-electron chi connectivity index (χ3n) is 5.33. The van der Waals surface area contributed by atoms with Gasteiger partial charge in [0, 0.05) is 33.7 Å². The number of fused-ring (bicyclic) bond motifs is 1. The highest BCUT2D eigenvalue weighted by atomic mass is 19.1. The number of carbonyl (C=O) groups is 1. The molecule has 0 aliphatic carbocycles. The van der Waals surface area contributed by atoms with Crippen molar-refractivity contribution in [1.82, 2.24) is 14.5 Å². The fourth-order valence-corrected chi connectivity index (χ4v) is 3.70. The van der Waals surface area contributed by atoms with Crippen molar-refractivity contribution >= 4 is 28.4 Å². The molecule has 1 fully saturated rings. The maximum atomic E-state index is 13.3. The van der Waals surface area contributed by atoms with Gasteiger partial charge in [0.2, 0.25) is 0 Å². The largest absolute Gasteiger partial charge is 0.378 e. The summed E-state index contributed by atoms with van der Waals surface area (Å²) in [5, 5.41) is 5.64. The summed E-state index contributed by atoms with van der Waals surface area (Å²) in [6.45, 7) is 2.76. The van der Waals surface area contributed by atoms with Crippen LogP contribution in [-0.2, 0) is 25.4 Å². The predicted octanol–water partition coefficient (Wildman–Crippen LogP) is 2.17. The summed E-state index contributed by atoms with van der Waals surface area (Å²) >= 11 is 0. The number of imidazole rings is 1. The van der Waals surface area contributed by atoms with Crippen LogP contribution >= 0.6 is 0 Å². The zero-order valence-corrected chi connectivity index (χ0v) is 16.9. The minimum atomic E-state index is -0.408. The third kappa shape index (κ3) is 3.88. The fourth-order valence-electron chi connectivity index (χ4n) is 3.70. The van der Waals surface area contributed by atoms with Gasteiger partial charge in [0.05, 0.1) is 35.6 Å². The number of halogens is 1. The van der Waals surface area contributed by atoms with Gasteiger partial charge in [0.1, 0.15) is 5.82 Å². The van der Waals surface area contributed by atoms with Crippen LogP contribution in [0.4, 0.5) is 20.6 Å². The number of hydrogen-bond acceptors (Lipinski definition) is 4. The van der Waals surface area contributed by atoms with Gasteiger partial charge in [-0.05, 0) is 29.8 Å². The lowest BCUT2D eigenvalue weighted by Crippen LogP contribution is -2.37. The number of amides is 2. The number of rotatable bonds is 4. The molecule has 2 amide bonds. The van der Waals surface area contributed by atoms with Crippen LogP contribution in [0.3, 0.4) is 0 Å². The number of ether oxygens (including phenoxy) is 1. The molecule has 4 rings (SSSR count). The summed E-state index contributed by atoms with van der Waals surface area (Å²) in [6, 6.07) is 9.41. The molecule has 1 saturated heterocycles. The van der Waals surface area contributed by atoms with Crippen molar-refractivity contribution in [3.8, 4) is 0 Å². The highest BCUT2D eigenvalue weighted by Gasteiger charge is 2.20. The topological polar surface area (TPSA) is 80.5 Å². The Hall–Kier alpha value is -3.33. The number of aromatic nitrogens is 2. The average molecular weight is 413 g/mol. The van der Waals surface area contributed by atoms with E-state index in [1.165, 1.54) is 12.1 Å². The molecule has 0 radical (unpaired) electrons. The highest BCUT2D eigenvalue weighted by Crippen LogP contribution is 2.31. The summed E-state index contributed by atoms with van der Waals surface area (Å²) in [4.78, 5) is 27.1. The zero-order valence-electron chi connectivity index (χ0n) is 16.9. The molecule has 0 saturated carbocycles. The predicted molar refractivity (Wildman–Crippen MR) is 113 cm³/mol. The van der Waals surface area contributed by atoms with E-state index in [1.54, 1.807) is 35.4 Å². The first-order valence-corrected chi connectivity index (χ1v) is 9.75. The Bertz CT molecular complexity index is 1150. The Balaban J connectivity index is 1.63. The normalized spacial score (nSPS) is 14.2. The molecule has 1 aliphatic heterocycles. The molecule has 2 aromatic carbocycles. The van der Waals surface area contributed by atoms with Crippen LogP contribution in [-0.4, -0.2) is 41.5 Å². The molecule has 0 bridgehead atoms. The third-order valence-corrected chi connectivity index (χ3v) is 5.33. The average Bonchev–Trinajstić information content (AvgIpc) is 2.96. The van der Waals surface area contributed by atoms with E-state index < -0.39 is 6.03 Å². The van der Waals surface area contributed by atoms with Crippen LogP contribution in [0, 0.1) is 5.82 Å². The molecule has 9 heteroatoms. The second-order valence-corrected chi connectivity index (χ2v) is 7.30. The number of aryl methyl sites for hydroxylation is 2. The van der Waals surface area contributed by atoms with Gasteiger partial charge < -0.3 is 20.3 Å². The minimum Gasteiger partial charge on any atom is -0.378 e. The van der Waals surface area contributed by atoms with Crippen LogP contribution in [0.15, 0.2) is 41.2 Å². The van der Waals surface area contributed by atoms with Crippen LogP contribution in [0.2, 0.25) is 0 Å².